The van der Waals surface area contributed by atoms with Gasteiger partial charge in [-0.25, -0.2) is 4.99 Å². The molecular formula is C16H17N3O3. The van der Waals surface area contributed by atoms with Gasteiger partial charge in [-0.3, -0.25) is 10.1 Å². The van der Waals surface area contributed by atoms with Gasteiger partial charge in [-0.05, 0) is 43.0 Å². The Kier molecular flexibility index (Phi) is 3.21. The van der Waals surface area contributed by atoms with Crippen LogP contribution in [0.15, 0.2) is 28.9 Å². The highest BCUT2D eigenvalue weighted by molar-refractivity contribution is 6.13. The molecule has 6 nitrogen and oxygen atoms in total. The number of ether oxygens (including phenoxy) is 2. The molecule has 0 radical (unpaired) electrons. The number of hydrogen-bond acceptors (Lipinski definition) is 5. The molecule has 114 valence electrons. The average Bonchev–Trinajstić information content (AvgIpc) is 3.15. The summed E-state index contributed by atoms with van der Waals surface area (Å²) in [5, 5.41) is 2.86. The van der Waals surface area contributed by atoms with E-state index in [1.54, 1.807) is 6.08 Å². The molecular weight excluding hydrogens is 282 g/mol. The summed E-state index contributed by atoms with van der Waals surface area (Å²) >= 11 is 0. The zero-order chi connectivity index (χ0) is 14.9. The number of aliphatic imine (C=N–C) groups is 1. The Morgan fingerprint density at radius 2 is 1.95 bits per heavy atom. The Morgan fingerprint density at radius 3 is 2.82 bits per heavy atom. The maximum Gasteiger partial charge on any atom is 0.276 e. The van der Waals surface area contributed by atoms with Gasteiger partial charge in [-0.15, -0.1) is 0 Å². The highest BCUT2D eigenvalue weighted by Crippen LogP contribution is 2.33. The minimum absolute atomic E-state index is 0.154. The maximum atomic E-state index is 12.1. The highest BCUT2D eigenvalue weighted by atomic mass is 16.7. The van der Waals surface area contributed by atoms with Crippen LogP contribution in [0.1, 0.15) is 24.8 Å². The molecule has 1 amide bonds. The Hall–Kier alpha value is -2.50. The number of likely N-dealkylation sites (tertiary alicyclic amines) is 1. The van der Waals surface area contributed by atoms with Crippen LogP contribution in [0.25, 0.3) is 6.08 Å². The van der Waals surface area contributed by atoms with Gasteiger partial charge < -0.3 is 14.4 Å². The number of nitrogens with one attached hydrogen (secondary N) is 1. The number of amides is 1. The van der Waals surface area contributed by atoms with Crippen molar-refractivity contribution in [2.24, 2.45) is 4.99 Å². The number of rotatable bonds is 1. The van der Waals surface area contributed by atoms with E-state index in [9.17, 15) is 4.79 Å². The predicted octanol–water partition coefficient (Wildman–Crippen LogP) is 1.73. The average molecular weight is 299 g/mol. The molecule has 0 aliphatic carbocycles. The Morgan fingerprint density at radius 1 is 1.14 bits per heavy atom. The minimum Gasteiger partial charge on any atom is -0.454 e. The second kappa shape index (κ2) is 5.36. The zero-order valence-electron chi connectivity index (χ0n) is 12.2. The number of carbonyl (C=O) groups is 1. The maximum absolute atomic E-state index is 12.1. The van der Waals surface area contributed by atoms with Crippen LogP contribution >= 0.6 is 0 Å². The smallest absolute Gasteiger partial charge is 0.276 e. The van der Waals surface area contributed by atoms with Gasteiger partial charge >= 0.3 is 0 Å². The van der Waals surface area contributed by atoms with Crippen molar-refractivity contribution in [2.45, 2.75) is 19.3 Å². The van der Waals surface area contributed by atoms with Crippen LogP contribution in [0.3, 0.4) is 0 Å². The van der Waals surface area contributed by atoms with Gasteiger partial charge in [0, 0.05) is 13.1 Å². The van der Waals surface area contributed by atoms with Crippen molar-refractivity contribution in [3.05, 3.63) is 29.5 Å². The van der Waals surface area contributed by atoms with Crippen molar-refractivity contribution in [2.75, 3.05) is 19.9 Å². The number of guanidine groups is 1. The van der Waals surface area contributed by atoms with E-state index in [0.29, 0.717) is 17.4 Å². The summed E-state index contributed by atoms with van der Waals surface area (Å²) in [5.74, 6) is 1.96. The van der Waals surface area contributed by atoms with Crippen molar-refractivity contribution in [1.29, 1.82) is 0 Å². The summed E-state index contributed by atoms with van der Waals surface area (Å²) in [4.78, 5) is 18.7. The fourth-order valence-electron chi connectivity index (χ4n) is 2.87. The molecule has 4 rings (SSSR count). The second-order valence-electron chi connectivity index (χ2n) is 5.58. The van der Waals surface area contributed by atoms with E-state index in [-0.39, 0.29) is 12.7 Å². The third-order valence-electron chi connectivity index (χ3n) is 4.04. The van der Waals surface area contributed by atoms with E-state index < -0.39 is 0 Å². The highest BCUT2D eigenvalue weighted by Gasteiger charge is 2.25. The summed E-state index contributed by atoms with van der Waals surface area (Å²) in [6.45, 7) is 2.15. The number of carbonyl (C=O) groups excluding carboxylic acids is 1. The second-order valence-corrected chi connectivity index (χ2v) is 5.58. The van der Waals surface area contributed by atoms with Gasteiger partial charge in [0.1, 0.15) is 5.70 Å². The lowest BCUT2D eigenvalue weighted by molar-refractivity contribution is -0.115. The fourth-order valence-corrected chi connectivity index (χ4v) is 2.87. The first kappa shape index (κ1) is 13.2. The molecule has 3 aliphatic heterocycles. The van der Waals surface area contributed by atoms with Gasteiger partial charge in [0.15, 0.2) is 11.5 Å². The largest absolute Gasteiger partial charge is 0.454 e. The van der Waals surface area contributed by atoms with E-state index >= 15 is 0 Å². The number of fused-ring (bicyclic) bond motifs is 1. The van der Waals surface area contributed by atoms with Crippen LogP contribution in [0.5, 0.6) is 11.5 Å². The van der Waals surface area contributed by atoms with Gasteiger partial charge in [-0.1, -0.05) is 6.07 Å². The van der Waals surface area contributed by atoms with Crippen LogP contribution in [-0.2, 0) is 4.79 Å². The van der Waals surface area contributed by atoms with Crippen LogP contribution in [0.2, 0.25) is 0 Å². The van der Waals surface area contributed by atoms with Crippen molar-refractivity contribution in [1.82, 2.24) is 10.2 Å². The SMILES string of the molecule is O=C1NC(N2CCCCC2)=N/C1=C/c1ccc2c(c1)OCO2. The standard InChI is InChI=1S/C16H17N3O3/c20-15-12(17-16(18-15)19-6-2-1-3-7-19)8-11-4-5-13-14(9-11)22-10-21-13/h4-5,8-9H,1-3,6-7,10H2,(H,17,18,20)/b12-8+. The first-order valence-electron chi connectivity index (χ1n) is 7.56. The van der Waals surface area contributed by atoms with E-state index in [4.69, 9.17) is 9.47 Å². The molecule has 1 aromatic carbocycles. The van der Waals surface area contributed by atoms with Crippen LogP contribution in [0, 0.1) is 0 Å². The summed E-state index contributed by atoms with van der Waals surface area (Å²) in [5.41, 5.74) is 1.30. The molecule has 1 aromatic rings. The molecule has 6 heteroatoms. The topological polar surface area (TPSA) is 63.2 Å². The Bertz CT molecular complexity index is 675. The number of hydrogen-bond donors (Lipinski definition) is 1. The van der Waals surface area contributed by atoms with Crippen LogP contribution < -0.4 is 14.8 Å². The number of piperidine rings is 1. The quantitative estimate of drug-likeness (QED) is 0.802. The summed E-state index contributed by atoms with van der Waals surface area (Å²) in [6.07, 6.45) is 5.32. The van der Waals surface area contributed by atoms with E-state index in [1.165, 1.54) is 6.42 Å². The summed E-state index contributed by atoms with van der Waals surface area (Å²) in [7, 11) is 0. The van der Waals surface area contributed by atoms with Gasteiger partial charge in [0.2, 0.25) is 12.8 Å². The van der Waals surface area contributed by atoms with Crippen molar-refractivity contribution in [3.8, 4) is 11.5 Å². The zero-order valence-corrected chi connectivity index (χ0v) is 12.2. The van der Waals surface area contributed by atoms with Crippen molar-refractivity contribution in [3.63, 3.8) is 0 Å². The monoisotopic (exact) mass is 299 g/mol. The molecule has 0 unspecified atom stereocenters. The van der Waals surface area contributed by atoms with Crippen molar-refractivity contribution >= 4 is 17.9 Å². The van der Waals surface area contributed by atoms with Gasteiger partial charge in [0.25, 0.3) is 5.91 Å². The lowest BCUT2D eigenvalue weighted by Gasteiger charge is -2.27. The molecule has 0 aromatic heterocycles. The third kappa shape index (κ3) is 2.41. The molecule has 3 heterocycles. The lowest BCUT2D eigenvalue weighted by atomic mass is 10.1. The fraction of sp³-hybridized carbons (Fsp3) is 0.375. The molecule has 0 atom stereocenters. The number of nitrogens with zero attached hydrogens (tertiary/aromatic N) is 2. The molecule has 1 N–H and O–H groups in total. The molecule has 0 saturated carbocycles. The van der Waals surface area contributed by atoms with Gasteiger partial charge in [-0.2, -0.15) is 0 Å². The minimum atomic E-state index is -0.154. The molecule has 0 spiro atoms. The lowest BCUT2D eigenvalue weighted by Crippen LogP contribution is -2.43. The first-order chi connectivity index (χ1) is 10.8. The van der Waals surface area contributed by atoms with E-state index in [2.05, 4.69) is 15.2 Å². The van der Waals surface area contributed by atoms with Crippen LogP contribution in [-0.4, -0.2) is 36.6 Å². The Labute approximate surface area is 128 Å². The normalized spacial score (nSPS) is 22.0. The number of benzene rings is 1. The third-order valence-corrected chi connectivity index (χ3v) is 4.04. The molecule has 1 fully saturated rings. The first-order valence-corrected chi connectivity index (χ1v) is 7.56. The summed E-state index contributed by atoms with van der Waals surface area (Å²) in [6, 6.07) is 5.59. The molecule has 1 saturated heterocycles. The van der Waals surface area contributed by atoms with E-state index in [1.807, 2.05) is 18.2 Å². The molecule has 0 bridgehead atoms. The van der Waals surface area contributed by atoms with E-state index in [0.717, 1.165) is 37.2 Å². The molecule has 22 heavy (non-hydrogen) atoms. The predicted molar refractivity (Wildman–Crippen MR) is 81.5 cm³/mol. The Balaban J connectivity index is 1.58. The molecule has 3 aliphatic rings. The van der Waals surface area contributed by atoms with Crippen LogP contribution in [0.4, 0.5) is 0 Å². The summed E-state index contributed by atoms with van der Waals surface area (Å²) < 4.78 is 10.6. The van der Waals surface area contributed by atoms with Crippen molar-refractivity contribution < 1.29 is 14.3 Å². The van der Waals surface area contributed by atoms with Gasteiger partial charge in [0.05, 0.1) is 0 Å².